The first-order valence-corrected chi connectivity index (χ1v) is 21.5. The molecule has 2 N–H and O–H groups in total. The number of hydrogen-bond acceptors (Lipinski definition) is 11. The van der Waals surface area contributed by atoms with Gasteiger partial charge in [-0.2, -0.15) is 5.10 Å². The molecule has 0 radical (unpaired) electrons. The average molecular weight is 806 g/mol. The molecule has 0 bridgehead atoms. The van der Waals surface area contributed by atoms with Crippen molar-refractivity contribution in [3.8, 4) is 17.1 Å². The van der Waals surface area contributed by atoms with E-state index in [9.17, 15) is 14.4 Å². The number of benzene rings is 1. The number of nitrogens with zero attached hydrogens (tertiary/aromatic N) is 7. The van der Waals surface area contributed by atoms with Crippen LogP contribution in [0, 0.1) is 11.7 Å². The van der Waals surface area contributed by atoms with Crippen molar-refractivity contribution in [1.29, 1.82) is 0 Å². The largest absolute Gasteiger partial charge is 0.471 e. The van der Waals surface area contributed by atoms with Gasteiger partial charge in [0.15, 0.2) is 5.82 Å². The predicted molar refractivity (Wildman–Crippen MR) is 219 cm³/mol. The molecule has 4 aromatic rings. The number of carbonyl (C=O) groups excluding carboxylic acids is 3. The Balaban J connectivity index is 0.667. The van der Waals surface area contributed by atoms with E-state index in [1.54, 1.807) is 12.1 Å². The third kappa shape index (κ3) is 7.74. The number of carbonyl (C=O) groups is 3. The predicted octanol–water partition coefficient (Wildman–Crippen LogP) is 5.22. The summed E-state index contributed by atoms with van der Waals surface area (Å²) in [4.78, 5) is 55.1. The van der Waals surface area contributed by atoms with Gasteiger partial charge in [-0.3, -0.25) is 29.7 Å². The highest BCUT2D eigenvalue weighted by molar-refractivity contribution is 6.05. The number of fused-ring (bicyclic) bond motifs is 2. The minimum Gasteiger partial charge on any atom is -0.471 e. The molecule has 3 aromatic heterocycles. The smallest absolute Gasteiger partial charge is 0.255 e. The molecule has 310 valence electrons. The number of amides is 3. The number of rotatable bonds is 10. The zero-order valence-corrected chi connectivity index (χ0v) is 33.6. The SMILES string of the molecule is CC1(Oc2ccc3[nH]nc(-c4ccnc(N5CCC(O[C@H]6CC[C@H](CN7CCN(c8ccc9c(c8F)CN(C8CCC(=O)NC8=O)C9=O)CC7)CC6)CC5)c4)c3n2)CC1. The van der Waals surface area contributed by atoms with Crippen LogP contribution in [0.25, 0.3) is 22.3 Å². The fraction of sp³-hybridized carbons (Fsp3) is 0.545. The van der Waals surface area contributed by atoms with Gasteiger partial charge in [-0.25, -0.2) is 14.4 Å². The summed E-state index contributed by atoms with van der Waals surface area (Å²) in [5.41, 5.74) is 4.53. The van der Waals surface area contributed by atoms with Crippen LogP contribution in [0.3, 0.4) is 0 Å². The molecule has 2 saturated carbocycles. The van der Waals surface area contributed by atoms with E-state index < -0.39 is 11.9 Å². The quantitative estimate of drug-likeness (QED) is 0.204. The maximum absolute atomic E-state index is 15.9. The second-order valence-electron chi connectivity index (χ2n) is 17.7. The number of hydrogen-bond donors (Lipinski definition) is 2. The van der Waals surface area contributed by atoms with E-state index in [4.69, 9.17) is 19.4 Å². The summed E-state index contributed by atoms with van der Waals surface area (Å²) in [7, 11) is 0. The number of aromatic amines is 1. The second-order valence-corrected chi connectivity index (χ2v) is 17.7. The second kappa shape index (κ2) is 15.5. The first-order chi connectivity index (χ1) is 28.7. The third-order valence-electron chi connectivity index (χ3n) is 13.5. The average Bonchev–Trinajstić information content (AvgIpc) is 3.66. The Kier molecular flexibility index (Phi) is 9.98. The number of piperazine rings is 1. The van der Waals surface area contributed by atoms with Crippen LogP contribution >= 0.6 is 0 Å². The van der Waals surface area contributed by atoms with Crippen LogP contribution in [0.4, 0.5) is 15.9 Å². The number of ether oxygens (including phenoxy) is 2. The van der Waals surface area contributed by atoms with Gasteiger partial charge in [-0.15, -0.1) is 0 Å². The van der Waals surface area contributed by atoms with Gasteiger partial charge in [0.05, 0.1) is 30.0 Å². The van der Waals surface area contributed by atoms with Crippen LogP contribution in [0.2, 0.25) is 0 Å². The standard InChI is InChI=1S/C44H52FN9O5/c1-44(15-16-44)59-38-11-7-33-41(48-38)40(50-49-33)28-12-17-46-36(24-28)53-18-13-30(14-19-53)58-29-4-2-27(3-5-29)25-51-20-22-52(23-21-51)34-8-6-31-32(39(34)45)26-54(43(31)57)35-9-10-37(55)47-42(35)56/h6-8,11-12,17,24,27,29-30,35H,2-5,9-10,13-16,18-23,25-26H2,1H3,(H,49,50)(H,47,55,56)/t27-,29-,35?. The highest BCUT2D eigenvalue weighted by Gasteiger charge is 2.42. The van der Waals surface area contributed by atoms with E-state index in [0.29, 0.717) is 47.8 Å². The number of pyridine rings is 2. The summed E-state index contributed by atoms with van der Waals surface area (Å²) in [6.07, 6.45) is 11.4. The Labute approximate surface area is 342 Å². The highest BCUT2D eigenvalue weighted by atomic mass is 19.1. The third-order valence-corrected chi connectivity index (χ3v) is 13.5. The molecule has 4 aliphatic heterocycles. The molecule has 6 aliphatic rings. The number of imide groups is 1. The molecule has 0 spiro atoms. The van der Waals surface area contributed by atoms with Crippen molar-refractivity contribution < 1.29 is 28.2 Å². The molecule has 3 saturated heterocycles. The first kappa shape index (κ1) is 38.1. The highest BCUT2D eigenvalue weighted by Crippen LogP contribution is 2.40. The lowest BCUT2D eigenvalue weighted by molar-refractivity contribution is -0.136. The summed E-state index contributed by atoms with van der Waals surface area (Å²) in [6.45, 7) is 8.14. The molecule has 2 aliphatic carbocycles. The van der Waals surface area contributed by atoms with E-state index in [1.165, 1.54) is 4.90 Å². The van der Waals surface area contributed by atoms with E-state index in [1.807, 2.05) is 24.4 Å². The van der Waals surface area contributed by atoms with Gasteiger partial charge in [0.1, 0.15) is 28.7 Å². The number of aromatic nitrogens is 4. The van der Waals surface area contributed by atoms with Crippen molar-refractivity contribution in [3.63, 3.8) is 0 Å². The minimum absolute atomic E-state index is 0.0400. The molecule has 1 unspecified atom stereocenters. The van der Waals surface area contributed by atoms with Crippen molar-refractivity contribution in [2.75, 3.05) is 55.6 Å². The van der Waals surface area contributed by atoms with Crippen LogP contribution in [-0.2, 0) is 20.9 Å². The monoisotopic (exact) mass is 805 g/mol. The Morgan fingerprint density at radius 1 is 0.881 bits per heavy atom. The van der Waals surface area contributed by atoms with E-state index >= 15 is 4.39 Å². The lowest BCUT2D eigenvalue weighted by Crippen LogP contribution is -2.52. The molecule has 14 nitrogen and oxygen atoms in total. The Morgan fingerprint density at radius 2 is 1.66 bits per heavy atom. The molecule has 10 rings (SSSR count). The fourth-order valence-electron chi connectivity index (χ4n) is 9.72. The maximum Gasteiger partial charge on any atom is 0.255 e. The van der Waals surface area contributed by atoms with Gasteiger partial charge in [-0.1, -0.05) is 0 Å². The fourth-order valence-corrected chi connectivity index (χ4v) is 9.72. The zero-order valence-electron chi connectivity index (χ0n) is 33.6. The number of halogens is 1. The van der Waals surface area contributed by atoms with Gasteiger partial charge in [-0.05, 0) is 101 Å². The molecule has 59 heavy (non-hydrogen) atoms. The van der Waals surface area contributed by atoms with Gasteiger partial charge >= 0.3 is 0 Å². The van der Waals surface area contributed by atoms with Crippen molar-refractivity contribution in [2.45, 2.75) is 102 Å². The van der Waals surface area contributed by atoms with Crippen LogP contribution in [0.1, 0.15) is 87.1 Å². The molecular weight excluding hydrogens is 754 g/mol. The van der Waals surface area contributed by atoms with Crippen molar-refractivity contribution >= 4 is 40.3 Å². The summed E-state index contributed by atoms with van der Waals surface area (Å²) >= 11 is 0. The van der Waals surface area contributed by atoms with Crippen LogP contribution < -0.4 is 19.9 Å². The van der Waals surface area contributed by atoms with Crippen LogP contribution in [0.15, 0.2) is 42.6 Å². The normalized spacial score (nSPS) is 25.1. The summed E-state index contributed by atoms with van der Waals surface area (Å²) in [6, 6.07) is 10.6. The molecule has 1 aromatic carbocycles. The Bertz CT molecular complexity index is 2260. The summed E-state index contributed by atoms with van der Waals surface area (Å²) < 4.78 is 28.8. The maximum atomic E-state index is 15.9. The molecule has 7 heterocycles. The minimum atomic E-state index is -0.758. The Hall–Kier alpha value is -5.15. The summed E-state index contributed by atoms with van der Waals surface area (Å²) in [5, 5.41) is 10.1. The zero-order chi connectivity index (χ0) is 40.3. The molecule has 5 fully saturated rings. The van der Waals surface area contributed by atoms with Crippen molar-refractivity contribution in [2.24, 2.45) is 5.92 Å². The van der Waals surface area contributed by atoms with Gasteiger partial charge in [0.25, 0.3) is 5.91 Å². The molecule has 15 heteroatoms. The van der Waals surface area contributed by atoms with E-state index in [0.717, 1.165) is 112 Å². The van der Waals surface area contributed by atoms with Gasteiger partial charge < -0.3 is 24.2 Å². The Morgan fingerprint density at radius 3 is 2.42 bits per heavy atom. The molecule has 3 amide bonds. The van der Waals surface area contributed by atoms with E-state index in [-0.39, 0.29) is 48.7 Å². The van der Waals surface area contributed by atoms with Gasteiger partial charge in [0, 0.05) is 81.2 Å². The molecule has 1 atom stereocenters. The van der Waals surface area contributed by atoms with Gasteiger partial charge in [0.2, 0.25) is 17.7 Å². The van der Waals surface area contributed by atoms with E-state index in [2.05, 4.69) is 43.2 Å². The van der Waals surface area contributed by atoms with Crippen LogP contribution in [0.5, 0.6) is 5.88 Å². The molecular formula is C44H52FN9O5. The number of nitrogens with one attached hydrogen (secondary N) is 2. The number of piperidine rings is 2. The topological polar surface area (TPSA) is 149 Å². The first-order valence-electron chi connectivity index (χ1n) is 21.5. The van der Waals surface area contributed by atoms with Crippen LogP contribution in [-0.4, -0.2) is 117 Å². The number of anilines is 2. The van der Waals surface area contributed by atoms with Crippen molar-refractivity contribution in [3.05, 3.63) is 59.5 Å². The van der Waals surface area contributed by atoms with Crippen molar-refractivity contribution in [1.82, 2.24) is 35.3 Å². The lowest BCUT2D eigenvalue weighted by Gasteiger charge is -2.40. The summed E-state index contributed by atoms with van der Waals surface area (Å²) in [5.74, 6) is 0.647. The lowest BCUT2D eigenvalue weighted by atomic mass is 9.86. The number of H-pyrrole nitrogens is 1.